The van der Waals surface area contributed by atoms with E-state index in [0.717, 1.165) is 60.2 Å². The number of benzene rings is 2. The molecule has 1 aliphatic carbocycles. The molecule has 0 bridgehead atoms. The van der Waals surface area contributed by atoms with Gasteiger partial charge in [0.1, 0.15) is 24.2 Å². The molecule has 0 radical (unpaired) electrons. The second kappa shape index (κ2) is 10.4. The molecule has 1 aliphatic heterocycles. The van der Waals surface area contributed by atoms with E-state index in [2.05, 4.69) is 9.72 Å². The highest BCUT2D eigenvalue weighted by Gasteiger charge is 2.38. The maximum atomic E-state index is 14.3. The molecular weight excluding hydrogens is 525 g/mol. The molecule has 11 heteroatoms. The lowest BCUT2D eigenvalue weighted by Crippen LogP contribution is -2.45. The molecular formula is C29H29F3N4O4. The zero-order valence-electron chi connectivity index (χ0n) is 22.4. The van der Waals surface area contributed by atoms with Gasteiger partial charge < -0.3 is 18.6 Å². The SMILES string of the molecule is COC1CCC(n2c([C@@H]3COCC(=O)N3c3cc(F)c(F)c(F)c3)nc3cc(-c4c(C)noc4C)ccc32)CC1. The van der Waals surface area contributed by atoms with Gasteiger partial charge in [-0.2, -0.15) is 0 Å². The summed E-state index contributed by atoms with van der Waals surface area (Å²) in [6, 6.07) is 6.86. The minimum Gasteiger partial charge on any atom is -0.381 e. The summed E-state index contributed by atoms with van der Waals surface area (Å²) in [6.07, 6.45) is 3.53. The first kappa shape index (κ1) is 26.5. The summed E-state index contributed by atoms with van der Waals surface area (Å²) in [5, 5.41) is 4.07. The molecule has 2 aromatic heterocycles. The van der Waals surface area contributed by atoms with Gasteiger partial charge in [-0.15, -0.1) is 0 Å². The molecule has 2 aromatic carbocycles. The normalized spacial score (nSPS) is 21.9. The molecule has 2 fully saturated rings. The van der Waals surface area contributed by atoms with Crippen molar-refractivity contribution in [3.63, 3.8) is 0 Å². The van der Waals surface area contributed by atoms with Crippen molar-refractivity contribution in [3.05, 3.63) is 65.1 Å². The third-order valence-electron chi connectivity index (χ3n) is 8.01. The predicted molar refractivity (Wildman–Crippen MR) is 140 cm³/mol. The fraction of sp³-hybridized carbons (Fsp3) is 0.414. The number of ether oxygens (including phenoxy) is 2. The van der Waals surface area contributed by atoms with Gasteiger partial charge in [-0.3, -0.25) is 9.69 Å². The second-order valence-corrected chi connectivity index (χ2v) is 10.4. The number of hydrogen-bond acceptors (Lipinski definition) is 6. The Balaban J connectivity index is 1.51. The number of methoxy groups -OCH3 is 1. The molecule has 4 aromatic rings. The van der Waals surface area contributed by atoms with E-state index in [1.807, 2.05) is 32.0 Å². The van der Waals surface area contributed by atoms with E-state index in [4.69, 9.17) is 19.0 Å². The molecule has 3 heterocycles. The zero-order chi connectivity index (χ0) is 28.1. The monoisotopic (exact) mass is 554 g/mol. The number of hydrogen-bond donors (Lipinski definition) is 0. The molecule has 1 atom stereocenters. The number of nitrogens with zero attached hydrogens (tertiary/aromatic N) is 4. The number of morpholine rings is 1. The Bertz CT molecular complexity index is 1550. The van der Waals surface area contributed by atoms with Crippen LogP contribution in [0.1, 0.15) is 55.0 Å². The van der Waals surface area contributed by atoms with Crippen molar-refractivity contribution in [2.45, 2.75) is 57.7 Å². The van der Waals surface area contributed by atoms with Crippen molar-refractivity contribution in [1.29, 1.82) is 0 Å². The average Bonchev–Trinajstić information content (AvgIpc) is 3.49. The van der Waals surface area contributed by atoms with Crippen LogP contribution in [-0.2, 0) is 14.3 Å². The molecule has 6 rings (SSSR count). The summed E-state index contributed by atoms with van der Waals surface area (Å²) in [6.45, 7) is 3.51. The Hall–Kier alpha value is -3.70. The van der Waals surface area contributed by atoms with Gasteiger partial charge in [0.2, 0.25) is 0 Å². The number of aryl methyl sites for hydroxylation is 2. The number of carbonyl (C=O) groups is 1. The van der Waals surface area contributed by atoms with E-state index in [-0.39, 0.29) is 31.0 Å². The van der Waals surface area contributed by atoms with Gasteiger partial charge in [0.25, 0.3) is 5.91 Å². The van der Waals surface area contributed by atoms with Crippen molar-refractivity contribution >= 4 is 22.6 Å². The third kappa shape index (κ3) is 4.46. The van der Waals surface area contributed by atoms with Crippen LogP contribution in [0.3, 0.4) is 0 Å². The van der Waals surface area contributed by atoms with Crippen LogP contribution < -0.4 is 4.90 Å². The van der Waals surface area contributed by atoms with Crippen LogP contribution in [0.15, 0.2) is 34.9 Å². The summed E-state index contributed by atoms with van der Waals surface area (Å²) in [5.74, 6) is -3.61. The third-order valence-corrected chi connectivity index (χ3v) is 8.01. The van der Waals surface area contributed by atoms with E-state index < -0.39 is 29.4 Å². The first-order valence-electron chi connectivity index (χ1n) is 13.3. The minimum atomic E-state index is -1.59. The summed E-state index contributed by atoms with van der Waals surface area (Å²) in [7, 11) is 1.71. The van der Waals surface area contributed by atoms with Gasteiger partial charge in [0.15, 0.2) is 17.5 Å². The maximum absolute atomic E-state index is 14.3. The van der Waals surface area contributed by atoms with Gasteiger partial charge >= 0.3 is 0 Å². The van der Waals surface area contributed by atoms with Crippen LogP contribution in [0.2, 0.25) is 0 Å². The fourth-order valence-electron chi connectivity index (χ4n) is 6.10. The molecule has 0 spiro atoms. The highest BCUT2D eigenvalue weighted by atomic mass is 19.2. The van der Waals surface area contributed by atoms with Gasteiger partial charge in [-0.1, -0.05) is 11.2 Å². The van der Waals surface area contributed by atoms with Crippen molar-refractivity contribution in [3.8, 4) is 11.1 Å². The van der Waals surface area contributed by atoms with Crippen LogP contribution >= 0.6 is 0 Å². The fourth-order valence-corrected chi connectivity index (χ4v) is 6.10. The number of carbonyl (C=O) groups excluding carboxylic acids is 1. The van der Waals surface area contributed by atoms with Gasteiger partial charge in [-0.25, -0.2) is 18.2 Å². The Morgan fingerprint density at radius 2 is 1.75 bits per heavy atom. The van der Waals surface area contributed by atoms with Gasteiger partial charge in [0.05, 0.1) is 35.1 Å². The van der Waals surface area contributed by atoms with E-state index >= 15 is 0 Å². The largest absolute Gasteiger partial charge is 0.381 e. The smallest absolute Gasteiger partial charge is 0.253 e. The lowest BCUT2D eigenvalue weighted by Gasteiger charge is -2.37. The maximum Gasteiger partial charge on any atom is 0.253 e. The molecule has 2 aliphatic rings. The Labute approximate surface area is 228 Å². The first-order valence-corrected chi connectivity index (χ1v) is 13.3. The average molecular weight is 555 g/mol. The van der Waals surface area contributed by atoms with E-state index in [0.29, 0.717) is 17.1 Å². The number of aromatic nitrogens is 3. The summed E-state index contributed by atoms with van der Waals surface area (Å²) < 4.78 is 61.0. The molecule has 1 amide bonds. The number of rotatable bonds is 5. The molecule has 8 nitrogen and oxygen atoms in total. The van der Waals surface area contributed by atoms with Crippen LogP contribution in [0.5, 0.6) is 0 Å². The predicted octanol–water partition coefficient (Wildman–Crippen LogP) is 5.96. The van der Waals surface area contributed by atoms with Crippen LogP contribution in [-0.4, -0.2) is 47.0 Å². The highest BCUT2D eigenvalue weighted by molar-refractivity contribution is 5.96. The Morgan fingerprint density at radius 3 is 2.40 bits per heavy atom. The van der Waals surface area contributed by atoms with Gasteiger partial charge in [0, 0.05) is 30.8 Å². The van der Waals surface area contributed by atoms with E-state index in [9.17, 15) is 18.0 Å². The summed E-state index contributed by atoms with van der Waals surface area (Å²) in [4.78, 5) is 19.4. The molecule has 40 heavy (non-hydrogen) atoms. The number of halogens is 3. The summed E-state index contributed by atoms with van der Waals surface area (Å²) in [5.41, 5.74) is 3.99. The Morgan fingerprint density at radius 1 is 1.02 bits per heavy atom. The van der Waals surface area contributed by atoms with Gasteiger partial charge in [-0.05, 0) is 57.2 Å². The van der Waals surface area contributed by atoms with Crippen molar-refractivity contribution < 1.29 is 32.0 Å². The number of anilines is 1. The molecule has 0 N–H and O–H groups in total. The molecule has 0 unspecified atom stereocenters. The second-order valence-electron chi connectivity index (χ2n) is 10.4. The molecule has 1 saturated carbocycles. The summed E-state index contributed by atoms with van der Waals surface area (Å²) >= 11 is 0. The number of imidazole rings is 1. The lowest BCUT2D eigenvalue weighted by atomic mass is 9.92. The number of amides is 1. The minimum absolute atomic E-state index is 0.0527. The van der Waals surface area contributed by atoms with Crippen molar-refractivity contribution in [2.24, 2.45) is 0 Å². The standard InChI is InChI=1S/C29H29F3N4O4/c1-15-27(16(2)40-34-15)17-4-9-24-23(10-17)33-29(36(24)18-5-7-20(38-3)8-6-18)25-13-39-14-26(37)35(25)19-11-21(30)28(32)22(31)12-19/h4,9-12,18,20,25H,5-8,13-14H2,1-3H3/t18?,20?,25-/m0/s1. The number of fused-ring (bicyclic) bond motifs is 1. The van der Waals surface area contributed by atoms with Crippen molar-refractivity contribution in [1.82, 2.24) is 14.7 Å². The zero-order valence-corrected chi connectivity index (χ0v) is 22.4. The lowest BCUT2D eigenvalue weighted by molar-refractivity contribution is -0.127. The quantitative estimate of drug-likeness (QED) is 0.283. The van der Waals surface area contributed by atoms with Crippen LogP contribution in [0, 0.1) is 31.3 Å². The molecule has 1 saturated heterocycles. The van der Waals surface area contributed by atoms with E-state index in [1.165, 1.54) is 4.90 Å². The van der Waals surface area contributed by atoms with E-state index in [1.54, 1.807) is 7.11 Å². The topological polar surface area (TPSA) is 82.6 Å². The highest BCUT2D eigenvalue weighted by Crippen LogP contribution is 2.40. The Kier molecular flexibility index (Phi) is 6.87. The molecule has 210 valence electrons. The first-order chi connectivity index (χ1) is 19.3. The van der Waals surface area contributed by atoms with Crippen molar-refractivity contribution in [2.75, 3.05) is 25.2 Å². The van der Waals surface area contributed by atoms with Crippen LogP contribution in [0.4, 0.5) is 18.9 Å². The van der Waals surface area contributed by atoms with Crippen LogP contribution in [0.25, 0.3) is 22.2 Å².